The fourth-order valence-electron chi connectivity index (χ4n) is 2.48. The average molecular weight is 184 g/mol. The van der Waals surface area contributed by atoms with Crippen LogP contribution >= 0.6 is 0 Å². The lowest BCUT2D eigenvalue weighted by molar-refractivity contribution is 0.0715. The summed E-state index contributed by atoms with van der Waals surface area (Å²) in [6.07, 6.45) is 1.60. The van der Waals surface area contributed by atoms with Crippen LogP contribution in [0, 0.1) is 16.7 Å². The molecule has 0 amide bonds. The van der Waals surface area contributed by atoms with Gasteiger partial charge in [-0.3, -0.25) is 0 Å². The van der Waals surface area contributed by atoms with Crippen molar-refractivity contribution < 1.29 is 4.74 Å². The molecule has 0 saturated heterocycles. The summed E-state index contributed by atoms with van der Waals surface area (Å²) in [7, 11) is 0. The van der Waals surface area contributed by atoms with E-state index in [1.54, 1.807) is 0 Å². The molecule has 0 atom stereocenters. The van der Waals surface area contributed by atoms with Gasteiger partial charge in [-0.05, 0) is 37.0 Å². The number of hydrogen-bond donors (Lipinski definition) is 0. The van der Waals surface area contributed by atoms with Gasteiger partial charge in [0, 0.05) is 6.61 Å². The third kappa shape index (κ3) is 1.90. The van der Waals surface area contributed by atoms with E-state index in [4.69, 9.17) is 4.74 Å². The number of rotatable bonds is 4. The molecule has 0 aliphatic heterocycles. The monoisotopic (exact) mass is 184 g/mol. The molecule has 0 heterocycles. The molecule has 1 aliphatic rings. The molecule has 1 rings (SSSR count). The first-order chi connectivity index (χ1) is 5.80. The molecule has 0 radical (unpaired) electrons. The quantitative estimate of drug-likeness (QED) is 0.650. The topological polar surface area (TPSA) is 9.23 Å². The molecule has 0 aromatic heterocycles. The van der Waals surface area contributed by atoms with Crippen molar-refractivity contribution in [2.45, 2.75) is 54.1 Å². The van der Waals surface area contributed by atoms with E-state index in [-0.39, 0.29) is 0 Å². The summed E-state index contributed by atoms with van der Waals surface area (Å²) in [6, 6.07) is 0. The Bertz CT molecular complexity index is 166. The van der Waals surface area contributed by atoms with Gasteiger partial charge < -0.3 is 4.74 Å². The van der Waals surface area contributed by atoms with E-state index in [9.17, 15) is 0 Å². The average Bonchev–Trinajstić information content (AvgIpc) is 2.30. The molecule has 0 unspecified atom stereocenters. The van der Waals surface area contributed by atoms with Crippen molar-refractivity contribution in [2.75, 3.05) is 6.61 Å². The van der Waals surface area contributed by atoms with Crippen LogP contribution in [0.5, 0.6) is 0 Å². The smallest absolute Gasteiger partial charge is 0.0518 e. The minimum absolute atomic E-state index is 0.380. The van der Waals surface area contributed by atoms with Gasteiger partial charge in [0.05, 0.1) is 6.10 Å². The molecule has 0 spiro atoms. The summed E-state index contributed by atoms with van der Waals surface area (Å²) >= 11 is 0. The van der Waals surface area contributed by atoms with Crippen LogP contribution in [0.3, 0.4) is 0 Å². The van der Waals surface area contributed by atoms with Crippen molar-refractivity contribution in [3.8, 4) is 0 Å². The van der Waals surface area contributed by atoms with Crippen molar-refractivity contribution >= 4 is 0 Å². The SMILES string of the molecule is CC(C)OCCC1C(C)(C)C1(C)C. The van der Waals surface area contributed by atoms with Gasteiger partial charge in [-0.15, -0.1) is 0 Å². The van der Waals surface area contributed by atoms with Gasteiger partial charge in [0.2, 0.25) is 0 Å². The van der Waals surface area contributed by atoms with Crippen LogP contribution in [0.25, 0.3) is 0 Å². The highest BCUT2D eigenvalue weighted by Crippen LogP contribution is 2.69. The van der Waals surface area contributed by atoms with Crippen LogP contribution in [0.15, 0.2) is 0 Å². The van der Waals surface area contributed by atoms with Gasteiger partial charge in [0.25, 0.3) is 0 Å². The Labute approximate surface area is 82.9 Å². The van der Waals surface area contributed by atoms with Gasteiger partial charge in [0.1, 0.15) is 0 Å². The predicted octanol–water partition coefficient (Wildman–Crippen LogP) is 3.48. The largest absolute Gasteiger partial charge is 0.379 e. The van der Waals surface area contributed by atoms with E-state index in [0.717, 1.165) is 12.5 Å². The van der Waals surface area contributed by atoms with Crippen molar-refractivity contribution in [3.63, 3.8) is 0 Å². The van der Waals surface area contributed by atoms with E-state index >= 15 is 0 Å². The Balaban J connectivity index is 2.26. The summed E-state index contributed by atoms with van der Waals surface area (Å²) in [5.41, 5.74) is 1.04. The van der Waals surface area contributed by atoms with Crippen molar-refractivity contribution in [1.82, 2.24) is 0 Å². The summed E-state index contributed by atoms with van der Waals surface area (Å²) in [6.45, 7) is 14.6. The normalized spacial score (nSPS) is 25.2. The molecule has 0 aromatic carbocycles. The third-order valence-corrected chi connectivity index (χ3v) is 4.18. The molecular formula is C12H24O. The van der Waals surface area contributed by atoms with E-state index in [0.29, 0.717) is 16.9 Å². The Morgan fingerprint density at radius 1 is 1.08 bits per heavy atom. The second-order valence-corrected chi connectivity index (χ2v) is 5.70. The van der Waals surface area contributed by atoms with Crippen LogP contribution in [0.1, 0.15) is 48.0 Å². The molecule has 1 fully saturated rings. The lowest BCUT2D eigenvalue weighted by Crippen LogP contribution is -2.05. The summed E-state index contributed by atoms with van der Waals surface area (Å²) in [5.74, 6) is 0.846. The molecule has 78 valence electrons. The molecule has 1 heteroatoms. The fraction of sp³-hybridized carbons (Fsp3) is 1.00. The maximum Gasteiger partial charge on any atom is 0.0518 e. The van der Waals surface area contributed by atoms with Crippen LogP contribution < -0.4 is 0 Å². The van der Waals surface area contributed by atoms with Crippen molar-refractivity contribution in [2.24, 2.45) is 16.7 Å². The fourth-order valence-corrected chi connectivity index (χ4v) is 2.48. The molecule has 1 saturated carbocycles. The van der Waals surface area contributed by atoms with Crippen LogP contribution in [0.2, 0.25) is 0 Å². The van der Waals surface area contributed by atoms with Crippen LogP contribution in [0.4, 0.5) is 0 Å². The molecule has 1 nitrogen and oxygen atoms in total. The summed E-state index contributed by atoms with van der Waals surface area (Å²) in [4.78, 5) is 0. The molecule has 0 aromatic rings. The molecule has 13 heavy (non-hydrogen) atoms. The van der Waals surface area contributed by atoms with E-state index in [1.807, 2.05) is 0 Å². The number of hydrogen-bond acceptors (Lipinski definition) is 1. The Kier molecular flexibility index (Phi) is 2.78. The van der Waals surface area contributed by atoms with Crippen LogP contribution in [-0.2, 0) is 4.74 Å². The third-order valence-electron chi connectivity index (χ3n) is 4.18. The minimum atomic E-state index is 0.380. The zero-order valence-electron chi connectivity index (χ0n) is 9.98. The van der Waals surface area contributed by atoms with E-state index in [2.05, 4.69) is 41.5 Å². The Morgan fingerprint density at radius 3 is 1.85 bits per heavy atom. The van der Waals surface area contributed by atoms with Crippen molar-refractivity contribution in [1.29, 1.82) is 0 Å². The van der Waals surface area contributed by atoms with Crippen LogP contribution in [-0.4, -0.2) is 12.7 Å². The zero-order valence-corrected chi connectivity index (χ0v) is 9.98. The van der Waals surface area contributed by atoms with Gasteiger partial charge >= 0.3 is 0 Å². The maximum atomic E-state index is 5.58. The molecule has 0 N–H and O–H groups in total. The first kappa shape index (κ1) is 11.0. The van der Waals surface area contributed by atoms with Gasteiger partial charge in [0.15, 0.2) is 0 Å². The standard InChI is InChI=1S/C12H24O/c1-9(2)13-8-7-10-11(3,4)12(10,5)6/h9-10H,7-8H2,1-6H3. The van der Waals surface area contributed by atoms with Gasteiger partial charge in [-0.25, -0.2) is 0 Å². The Hall–Kier alpha value is -0.0400. The van der Waals surface area contributed by atoms with E-state index < -0.39 is 0 Å². The Morgan fingerprint density at radius 2 is 1.54 bits per heavy atom. The first-order valence-corrected chi connectivity index (χ1v) is 5.41. The molecule has 0 bridgehead atoms. The first-order valence-electron chi connectivity index (χ1n) is 5.41. The molecular weight excluding hydrogens is 160 g/mol. The lowest BCUT2D eigenvalue weighted by atomic mass is 10.0. The highest BCUT2D eigenvalue weighted by atomic mass is 16.5. The maximum absolute atomic E-state index is 5.58. The second kappa shape index (κ2) is 3.27. The highest BCUT2D eigenvalue weighted by molar-refractivity contribution is 5.11. The summed E-state index contributed by atoms with van der Waals surface area (Å²) in [5, 5.41) is 0. The summed E-state index contributed by atoms with van der Waals surface area (Å²) < 4.78 is 5.58. The predicted molar refractivity (Wildman–Crippen MR) is 56.8 cm³/mol. The van der Waals surface area contributed by atoms with Crippen molar-refractivity contribution in [3.05, 3.63) is 0 Å². The molecule has 1 aliphatic carbocycles. The van der Waals surface area contributed by atoms with Gasteiger partial charge in [-0.2, -0.15) is 0 Å². The van der Waals surface area contributed by atoms with E-state index in [1.165, 1.54) is 6.42 Å². The zero-order chi connectivity index (χ0) is 10.3. The number of ether oxygens (including phenoxy) is 1. The minimum Gasteiger partial charge on any atom is -0.379 e. The highest BCUT2D eigenvalue weighted by Gasteiger charge is 2.63. The van der Waals surface area contributed by atoms with Gasteiger partial charge in [-0.1, -0.05) is 27.7 Å². The second-order valence-electron chi connectivity index (χ2n) is 5.70. The lowest BCUT2D eigenvalue weighted by Gasteiger charge is -2.07.